The smallest absolute Gasteiger partial charge is 0.179 e. The molecule has 0 saturated heterocycles. The highest BCUT2D eigenvalue weighted by atomic mass is 16.5. The van der Waals surface area contributed by atoms with E-state index in [0.717, 1.165) is 0 Å². The van der Waals surface area contributed by atoms with Crippen LogP contribution in [0, 0.1) is 5.92 Å². The standard InChI is InChI=1S/C12H15NO3/c1-8(9-3-4-9)16-12-6-13-10(7-14)5-11(12)15-2/h5-9H,3-4H2,1-2H3/t8-/m0/s1. The van der Waals surface area contributed by atoms with E-state index in [-0.39, 0.29) is 6.10 Å². The third-order valence-electron chi connectivity index (χ3n) is 2.79. The second-order valence-corrected chi connectivity index (χ2v) is 4.04. The average Bonchev–Trinajstić information content (AvgIpc) is 3.13. The van der Waals surface area contributed by atoms with Gasteiger partial charge in [-0.3, -0.25) is 4.79 Å². The first-order valence-corrected chi connectivity index (χ1v) is 5.40. The molecule has 1 aromatic heterocycles. The summed E-state index contributed by atoms with van der Waals surface area (Å²) in [7, 11) is 1.55. The van der Waals surface area contributed by atoms with Crippen LogP contribution >= 0.6 is 0 Å². The summed E-state index contributed by atoms with van der Waals surface area (Å²) in [6, 6.07) is 1.59. The minimum atomic E-state index is 0.179. The van der Waals surface area contributed by atoms with E-state index in [4.69, 9.17) is 9.47 Å². The van der Waals surface area contributed by atoms with E-state index in [1.165, 1.54) is 12.8 Å². The lowest BCUT2D eigenvalue weighted by Gasteiger charge is -2.15. The zero-order valence-electron chi connectivity index (χ0n) is 9.47. The zero-order valence-corrected chi connectivity index (χ0v) is 9.47. The fourth-order valence-corrected chi connectivity index (χ4v) is 1.61. The van der Waals surface area contributed by atoms with E-state index in [1.807, 2.05) is 6.92 Å². The van der Waals surface area contributed by atoms with Crippen LogP contribution in [0.3, 0.4) is 0 Å². The summed E-state index contributed by atoms with van der Waals surface area (Å²) >= 11 is 0. The lowest BCUT2D eigenvalue weighted by molar-refractivity contribution is 0.111. The van der Waals surface area contributed by atoms with Crippen molar-refractivity contribution in [3.8, 4) is 11.5 Å². The summed E-state index contributed by atoms with van der Waals surface area (Å²) < 4.78 is 10.9. The minimum absolute atomic E-state index is 0.179. The number of ether oxygens (including phenoxy) is 2. The number of carbonyl (C=O) groups is 1. The molecule has 4 nitrogen and oxygen atoms in total. The number of rotatable bonds is 5. The first kappa shape index (κ1) is 10.9. The van der Waals surface area contributed by atoms with Crippen molar-refractivity contribution in [1.29, 1.82) is 0 Å². The summed E-state index contributed by atoms with van der Waals surface area (Å²) in [5.41, 5.74) is 0.350. The van der Waals surface area contributed by atoms with Crippen LogP contribution in [-0.2, 0) is 0 Å². The summed E-state index contributed by atoms with van der Waals surface area (Å²) in [5.74, 6) is 1.81. The molecule has 0 spiro atoms. The van der Waals surface area contributed by atoms with Gasteiger partial charge in [-0.25, -0.2) is 4.98 Å². The van der Waals surface area contributed by atoms with Gasteiger partial charge in [-0.15, -0.1) is 0 Å². The minimum Gasteiger partial charge on any atom is -0.493 e. The second kappa shape index (κ2) is 4.51. The SMILES string of the molecule is COc1cc(C=O)ncc1O[C@@H](C)C1CC1. The monoisotopic (exact) mass is 221 g/mol. The molecule has 16 heavy (non-hydrogen) atoms. The fourth-order valence-electron chi connectivity index (χ4n) is 1.61. The van der Waals surface area contributed by atoms with Crippen molar-refractivity contribution < 1.29 is 14.3 Å². The van der Waals surface area contributed by atoms with Gasteiger partial charge in [0.1, 0.15) is 5.69 Å². The molecular weight excluding hydrogens is 206 g/mol. The lowest BCUT2D eigenvalue weighted by Crippen LogP contribution is -2.14. The highest BCUT2D eigenvalue weighted by Gasteiger charge is 2.30. The molecule has 86 valence electrons. The van der Waals surface area contributed by atoms with E-state index in [9.17, 15) is 4.79 Å². The Morgan fingerprint density at radius 1 is 1.50 bits per heavy atom. The molecule has 1 fully saturated rings. The van der Waals surface area contributed by atoms with Crippen LogP contribution in [0.25, 0.3) is 0 Å². The Morgan fingerprint density at radius 2 is 2.25 bits per heavy atom. The summed E-state index contributed by atoms with van der Waals surface area (Å²) in [4.78, 5) is 14.5. The van der Waals surface area contributed by atoms with Crippen molar-refractivity contribution in [2.24, 2.45) is 5.92 Å². The first-order chi connectivity index (χ1) is 7.74. The Hall–Kier alpha value is -1.58. The predicted octanol–water partition coefficient (Wildman–Crippen LogP) is 2.08. The topological polar surface area (TPSA) is 48.4 Å². The molecule has 0 aromatic carbocycles. The van der Waals surface area contributed by atoms with Gasteiger partial charge in [-0.05, 0) is 25.7 Å². The Kier molecular flexibility index (Phi) is 3.08. The molecule has 1 aromatic rings. The van der Waals surface area contributed by atoms with Crippen LogP contribution in [0.2, 0.25) is 0 Å². The lowest BCUT2D eigenvalue weighted by atomic mass is 10.2. The van der Waals surface area contributed by atoms with Crippen molar-refractivity contribution in [1.82, 2.24) is 4.98 Å². The second-order valence-electron chi connectivity index (χ2n) is 4.04. The zero-order chi connectivity index (χ0) is 11.5. The van der Waals surface area contributed by atoms with Gasteiger partial charge in [0.2, 0.25) is 0 Å². The maximum atomic E-state index is 10.6. The molecule has 1 heterocycles. The van der Waals surface area contributed by atoms with Crippen molar-refractivity contribution in [3.05, 3.63) is 18.0 Å². The molecule has 0 amide bonds. The van der Waals surface area contributed by atoms with E-state index >= 15 is 0 Å². The van der Waals surface area contributed by atoms with Crippen LogP contribution in [0.15, 0.2) is 12.3 Å². The molecule has 1 aliphatic rings. The van der Waals surface area contributed by atoms with Gasteiger partial charge in [0.05, 0.1) is 19.4 Å². The number of hydrogen-bond acceptors (Lipinski definition) is 4. The Bertz CT molecular complexity index is 388. The van der Waals surface area contributed by atoms with Gasteiger partial charge in [0, 0.05) is 6.07 Å². The maximum Gasteiger partial charge on any atom is 0.179 e. The Balaban J connectivity index is 2.15. The Labute approximate surface area is 94.6 Å². The molecule has 0 unspecified atom stereocenters. The fraction of sp³-hybridized carbons (Fsp3) is 0.500. The van der Waals surface area contributed by atoms with Crippen molar-refractivity contribution in [3.63, 3.8) is 0 Å². The maximum absolute atomic E-state index is 10.6. The average molecular weight is 221 g/mol. The number of aldehydes is 1. The third kappa shape index (κ3) is 2.32. The van der Waals surface area contributed by atoms with E-state index in [1.54, 1.807) is 19.4 Å². The molecule has 1 aliphatic carbocycles. The van der Waals surface area contributed by atoms with Gasteiger partial charge in [0.25, 0.3) is 0 Å². The first-order valence-electron chi connectivity index (χ1n) is 5.40. The molecule has 4 heteroatoms. The molecule has 0 aliphatic heterocycles. The summed E-state index contributed by atoms with van der Waals surface area (Å²) in [5, 5.41) is 0. The van der Waals surface area contributed by atoms with Crippen molar-refractivity contribution in [2.75, 3.05) is 7.11 Å². The summed E-state index contributed by atoms with van der Waals surface area (Å²) in [6.07, 6.45) is 4.86. The van der Waals surface area contributed by atoms with E-state index in [0.29, 0.717) is 29.4 Å². The molecule has 0 radical (unpaired) electrons. The largest absolute Gasteiger partial charge is 0.493 e. The molecule has 1 atom stereocenters. The molecular formula is C12H15NO3. The number of methoxy groups -OCH3 is 1. The van der Waals surface area contributed by atoms with Crippen LogP contribution in [0.4, 0.5) is 0 Å². The number of hydrogen-bond donors (Lipinski definition) is 0. The van der Waals surface area contributed by atoms with Gasteiger partial charge < -0.3 is 9.47 Å². The van der Waals surface area contributed by atoms with Crippen LogP contribution in [0.1, 0.15) is 30.3 Å². The van der Waals surface area contributed by atoms with E-state index < -0.39 is 0 Å². The molecule has 2 rings (SSSR count). The Morgan fingerprint density at radius 3 is 2.81 bits per heavy atom. The van der Waals surface area contributed by atoms with Gasteiger partial charge in [-0.2, -0.15) is 0 Å². The van der Waals surface area contributed by atoms with E-state index in [2.05, 4.69) is 4.98 Å². The van der Waals surface area contributed by atoms with Crippen molar-refractivity contribution >= 4 is 6.29 Å². The van der Waals surface area contributed by atoms with Gasteiger partial charge >= 0.3 is 0 Å². The highest BCUT2D eigenvalue weighted by Crippen LogP contribution is 2.36. The molecule has 0 N–H and O–H groups in total. The third-order valence-corrected chi connectivity index (χ3v) is 2.79. The van der Waals surface area contributed by atoms with Gasteiger partial charge in [0.15, 0.2) is 17.8 Å². The van der Waals surface area contributed by atoms with Crippen molar-refractivity contribution in [2.45, 2.75) is 25.9 Å². The quantitative estimate of drug-likeness (QED) is 0.714. The predicted molar refractivity (Wildman–Crippen MR) is 59.0 cm³/mol. The number of carbonyl (C=O) groups excluding carboxylic acids is 1. The van der Waals surface area contributed by atoms with Crippen LogP contribution in [0.5, 0.6) is 11.5 Å². The number of nitrogens with zero attached hydrogens (tertiary/aromatic N) is 1. The number of aromatic nitrogens is 1. The van der Waals surface area contributed by atoms with Crippen LogP contribution in [-0.4, -0.2) is 24.5 Å². The van der Waals surface area contributed by atoms with Crippen LogP contribution < -0.4 is 9.47 Å². The highest BCUT2D eigenvalue weighted by molar-refractivity contribution is 5.73. The molecule has 1 saturated carbocycles. The summed E-state index contributed by atoms with van der Waals surface area (Å²) in [6.45, 7) is 2.05. The normalized spacial score (nSPS) is 16.6. The molecule has 0 bridgehead atoms. The number of pyridine rings is 1. The van der Waals surface area contributed by atoms with Gasteiger partial charge in [-0.1, -0.05) is 0 Å².